The maximum absolute atomic E-state index is 11.8. The third kappa shape index (κ3) is 4.56. The topological polar surface area (TPSA) is 102 Å². The Morgan fingerprint density at radius 2 is 1.91 bits per heavy atom. The summed E-state index contributed by atoms with van der Waals surface area (Å²) in [5, 5.41) is 5.97. The first-order valence-corrected chi connectivity index (χ1v) is 8.45. The SMILES string of the molecule is CC(C)(C)OC(=O)NCC(=O)Nc1ccc2c(c1)S(=O)(=O)C=C2. The average molecular weight is 338 g/mol. The number of hydrogen-bond acceptors (Lipinski definition) is 5. The number of fused-ring (bicyclic) bond motifs is 1. The highest BCUT2D eigenvalue weighted by atomic mass is 32.2. The lowest BCUT2D eigenvalue weighted by atomic mass is 10.2. The summed E-state index contributed by atoms with van der Waals surface area (Å²) in [5.74, 6) is -0.487. The minimum absolute atomic E-state index is 0.149. The average Bonchev–Trinajstić information content (AvgIpc) is 2.70. The number of nitrogens with one attached hydrogen (secondary N) is 2. The van der Waals surface area contributed by atoms with E-state index in [0.29, 0.717) is 11.3 Å². The summed E-state index contributed by atoms with van der Waals surface area (Å²) in [5.41, 5.74) is 0.268. The van der Waals surface area contributed by atoms with Crippen molar-refractivity contribution in [3.63, 3.8) is 0 Å². The second kappa shape index (κ2) is 6.04. The highest BCUT2D eigenvalue weighted by molar-refractivity contribution is 7.94. The van der Waals surface area contributed by atoms with Gasteiger partial charge in [-0.15, -0.1) is 0 Å². The lowest BCUT2D eigenvalue weighted by Crippen LogP contribution is -2.37. The van der Waals surface area contributed by atoms with E-state index in [4.69, 9.17) is 4.74 Å². The molecule has 0 saturated carbocycles. The van der Waals surface area contributed by atoms with Crippen LogP contribution < -0.4 is 10.6 Å². The molecule has 1 aromatic carbocycles. The van der Waals surface area contributed by atoms with Crippen molar-refractivity contribution in [1.29, 1.82) is 0 Å². The van der Waals surface area contributed by atoms with Crippen LogP contribution in [0.25, 0.3) is 6.08 Å². The summed E-state index contributed by atoms with van der Waals surface area (Å²) in [4.78, 5) is 23.4. The Hall–Kier alpha value is -2.35. The van der Waals surface area contributed by atoms with Crippen LogP contribution in [-0.2, 0) is 19.4 Å². The van der Waals surface area contributed by atoms with E-state index in [1.165, 1.54) is 12.1 Å². The molecule has 23 heavy (non-hydrogen) atoms. The van der Waals surface area contributed by atoms with Gasteiger partial charge in [-0.1, -0.05) is 6.07 Å². The first kappa shape index (κ1) is 17.0. The molecular formula is C15H18N2O5S. The lowest BCUT2D eigenvalue weighted by molar-refractivity contribution is -0.115. The van der Waals surface area contributed by atoms with Crippen molar-refractivity contribution >= 4 is 33.6 Å². The van der Waals surface area contributed by atoms with Gasteiger partial charge in [0, 0.05) is 11.1 Å². The van der Waals surface area contributed by atoms with Crippen LogP contribution in [0, 0.1) is 0 Å². The first-order valence-electron chi connectivity index (χ1n) is 6.91. The number of rotatable bonds is 3. The molecule has 0 unspecified atom stereocenters. The second-order valence-electron chi connectivity index (χ2n) is 6.00. The molecule has 0 saturated heterocycles. The van der Waals surface area contributed by atoms with Gasteiger partial charge in [0.1, 0.15) is 12.1 Å². The fraction of sp³-hybridized carbons (Fsp3) is 0.333. The smallest absolute Gasteiger partial charge is 0.408 e. The van der Waals surface area contributed by atoms with Crippen molar-refractivity contribution < 1.29 is 22.7 Å². The molecule has 0 aromatic heterocycles. The number of alkyl carbamates (subject to hydrolysis) is 1. The molecule has 8 heteroatoms. The monoisotopic (exact) mass is 338 g/mol. The standard InChI is InChI=1S/C15H18N2O5S/c1-15(2,3)22-14(19)16-9-13(18)17-11-5-4-10-6-7-23(20,21)12(10)8-11/h4-8H,9H2,1-3H3,(H,16,19)(H,17,18). The van der Waals surface area contributed by atoms with E-state index in [0.717, 1.165) is 5.41 Å². The molecule has 0 bridgehead atoms. The van der Waals surface area contributed by atoms with Gasteiger partial charge >= 0.3 is 6.09 Å². The van der Waals surface area contributed by atoms with Crippen molar-refractivity contribution in [1.82, 2.24) is 5.32 Å². The van der Waals surface area contributed by atoms with Crippen molar-refractivity contribution in [2.45, 2.75) is 31.3 Å². The normalized spacial score (nSPS) is 14.9. The van der Waals surface area contributed by atoms with Gasteiger partial charge in [0.2, 0.25) is 15.7 Å². The zero-order valence-electron chi connectivity index (χ0n) is 13.0. The summed E-state index contributed by atoms with van der Waals surface area (Å²) in [6.45, 7) is 4.86. The van der Waals surface area contributed by atoms with Gasteiger partial charge in [0.25, 0.3) is 0 Å². The van der Waals surface area contributed by atoms with Crippen molar-refractivity contribution in [2.24, 2.45) is 0 Å². The lowest BCUT2D eigenvalue weighted by Gasteiger charge is -2.19. The largest absolute Gasteiger partial charge is 0.444 e. The zero-order valence-corrected chi connectivity index (χ0v) is 13.9. The molecule has 0 radical (unpaired) electrons. The number of sulfone groups is 1. The van der Waals surface area contributed by atoms with E-state index in [1.807, 2.05) is 0 Å². The number of carbonyl (C=O) groups excluding carboxylic acids is 2. The van der Waals surface area contributed by atoms with Gasteiger partial charge in [0.05, 0.1) is 4.90 Å². The molecule has 0 fully saturated rings. The molecule has 1 heterocycles. The van der Waals surface area contributed by atoms with Gasteiger partial charge in [-0.2, -0.15) is 0 Å². The Labute approximate surface area is 134 Å². The Balaban J connectivity index is 1.94. The molecule has 0 spiro atoms. The summed E-state index contributed by atoms with van der Waals surface area (Å²) in [6.07, 6.45) is 0.800. The fourth-order valence-electron chi connectivity index (χ4n) is 1.90. The van der Waals surface area contributed by atoms with Crippen molar-refractivity contribution in [3.05, 3.63) is 29.2 Å². The molecule has 7 nitrogen and oxygen atoms in total. The van der Waals surface area contributed by atoms with Crippen LogP contribution in [0.15, 0.2) is 28.5 Å². The summed E-state index contributed by atoms with van der Waals surface area (Å²) >= 11 is 0. The van der Waals surface area contributed by atoms with Gasteiger partial charge in [-0.05, 0) is 44.5 Å². The summed E-state index contributed by atoms with van der Waals surface area (Å²) in [7, 11) is -3.43. The van der Waals surface area contributed by atoms with Crippen molar-refractivity contribution in [2.75, 3.05) is 11.9 Å². The second-order valence-corrected chi connectivity index (χ2v) is 7.81. The maximum atomic E-state index is 11.8. The van der Waals surface area contributed by atoms with Crippen LogP contribution in [0.1, 0.15) is 26.3 Å². The molecule has 124 valence electrons. The van der Waals surface area contributed by atoms with E-state index in [2.05, 4.69) is 10.6 Å². The Bertz CT molecular complexity index is 776. The van der Waals surface area contributed by atoms with E-state index in [9.17, 15) is 18.0 Å². The van der Waals surface area contributed by atoms with Gasteiger partial charge < -0.3 is 15.4 Å². The molecule has 0 atom stereocenters. The Morgan fingerprint density at radius 1 is 1.22 bits per heavy atom. The molecule has 2 rings (SSSR count). The first-order chi connectivity index (χ1) is 10.6. The van der Waals surface area contributed by atoms with Crippen LogP contribution >= 0.6 is 0 Å². The third-order valence-corrected chi connectivity index (χ3v) is 4.28. The van der Waals surface area contributed by atoms with Gasteiger partial charge in [-0.25, -0.2) is 13.2 Å². The zero-order chi connectivity index (χ0) is 17.3. The predicted molar refractivity (Wildman–Crippen MR) is 85.5 cm³/mol. The number of carbonyl (C=O) groups is 2. The molecule has 2 amide bonds. The molecule has 2 N–H and O–H groups in total. The van der Waals surface area contributed by atoms with Crippen LogP contribution in [-0.4, -0.2) is 32.6 Å². The van der Waals surface area contributed by atoms with Crippen LogP contribution in [0.5, 0.6) is 0 Å². The van der Waals surface area contributed by atoms with E-state index < -0.39 is 27.4 Å². The quantitative estimate of drug-likeness (QED) is 0.876. The maximum Gasteiger partial charge on any atom is 0.408 e. The van der Waals surface area contributed by atoms with Crippen LogP contribution in [0.4, 0.5) is 10.5 Å². The van der Waals surface area contributed by atoms with E-state index >= 15 is 0 Å². The predicted octanol–water partition coefficient (Wildman–Crippen LogP) is 1.91. The Kier molecular flexibility index (Phi) is 4.46. The number of ether oxygens (including phenoxy) is 1. The molecule has 1 aliphatic rings. The fourth-order valence-corrected chi connectivity index (χ4v) is 3.13. The summed E-state index contributed by atoms with van der Waals surface area (Å²) in [6, 6.07) is 4.58. The molecule has 1 aliphatic heterocycles. The highest BCUT2D eigenvalue weighted by Gasteiger charge is 2.21. The molecule has 0 aliphatic carbocycles. The van der Waals surface area contributed by atoms with E-state index in [-0.39, 0.29) is 11.4 Å². The molecular weight excluding hydrogens is 320 g/mol. The number of benzene rings is 1. The highest BCUT2D eigenvalue weighted by Crippen LogP contribution is 2.29. The summed E-state index contributed by atoms with van der Waals surface area (Å²) < 4.78 is 28.5. The van der Waals surface area contributed by atoms with Crippen molar-refractivity contribution in [3.8, 4) is 0 Å². The number of hydrogen-bond donors (Lipinski definition) is 2. The third-order valence-electron chi connectivity index (χ3n) is 2.82. The number of anilines is 1. The van der Waals surface area contributed by atoms with Crippen LogP contribution in [0.2, 0.25) is 0 Å². The minimum Gasteiger partial charge on any atom is -0.444 e. The van der Waals surface area contributed by atoms with E-state index in [1.54, 1.807) is 32.9 Å². The van der Waals surface area contributed by atoms with Gasteiger partial charge in [-0.3, -0.25) is 4.79 Å². The van der Waals surface area contributed by atoms with Crippen LogP contribution in [0.3, 0.4) is 0 Å². The molecule has 1 aromatic rings. The minimum atomic E-state index is -3.43. The Morgan fingerprint density at radius 3 is 2.57 bits per heavy atom. The van der Waals surface area contributed by atoms with Gasteiger partial charge in [0.15, 0.2) is 0 Å². The number of amides is 2.